The summed E-state index contributed by atoms with van der Waals surface area (Å²) in [5.41, 5.74) is 1.41. The normalized spacial score (nSPS) is 15.2. The summed E-state index contributed by atoms with van der Waals surface area (Å²) in [4.78, 5) is 25.8. The number of nitrogens with one attached hydrogen (secondary N) is 1. The van der Waals surface area contributed by atoms with Crippen molar-refractivity contribution in [2.45, 2.75) is 13.8 Å². The molecule has 3 rings (SSSR count). The van der Waals surface area contributed by atoms with Crippen LogP contribution in [0.4, 0.5) is 16.0 Å². The van der Waals surface area contributed by atoms with Crippen LogP contribution >= 0.6 is 0 Å². The molecule has 0 radical (unpaired) electrons. The Labute approximate surface area is 146 Å². The Morgan fingerprint density at radius 3 is 2.64 bits per heavy atom. The zero-order chi connectivity index (χ0) is 17.8. The molecule has 0 bridgehead atoms. The van der Waals surface area contributed by atoms with E-state index in [2.05, 4.69) is 32.0 Å². The molecule has 0 spiro atoms. The number of rotatable bonds is 4. The molecular formula is C18H22FN5O. The molecule has 6 nitrogen and oxygen atoms in total. The Balaban J connectivity index is 1.76. The summed E-state index contributed by atoms with van der Waals surface area (Å²) in [6.45, 7) is 8.60. The average Bonchev–Trinajstić information content (AvgIpc) is 2.61. The predicted octanol–water partition coefficient (Wildman–Crippen LogP) is 2.32. The lowest BCUT2D eigenvalue weighted by molar-refractivity contribution is 0.102. The molecule has 0 aliphatic carbocycles. The van der Waals surface area contributed by atoms with E-state index < -0.39 is 5.82 Å². The van der Waals surface area contributed by atoms with Gasteiger partial charge in [0.15, 0.2) is 0 Å². The average molecular weight is 343 g/mol. The number of hydrogen-bond acceptors (Lipinski definition) is 5. The van der Waals surface area contributed by atoms with Gasteiger partial charge in [0, 0.05) is 37.6 Å². The SMILES string of the molecule is CCN1CCN(c2nc(C)cc(C(=O)Nc3cccc(F)c3)n2)CC1. The number of carbonyl (C=O) groups excluding carboxylic acids is 1. The van der Waals surface area contributed by atoms with E-state index in [1.807, 2.05) is 6.92 Å². The van der Waals surface area contributed by atoms with Crippen LogP contribution in [0.2, 0.25) is 0 Å². The predicted molar refractivity (Wildman–Crippen MR) is 95.4 cm³/mol. The van der Waals surface area contributed by atoms with Gasteiger partial charge in [-0.05, 0) is 37.7 Å². The molecule has 1 N–H and O–H groups in total. The van der Waals surface area contributed by atoms with Crippen molar-refractivity contribution >= 4 is 17.5 Å². The van der Waals surface area contributed by atoms with E-state index >= 15 is 0 Å². The number of amides is 1. The van der Waals surface area contributed by atoms with E-state index in [1.54, 1.807) is 18.2 Å². The Hall–Kier alpha value is -2.54. The molecule has 25 heavy (non-hydrogen) atoms. The lowest BCUT2D eigenvalue weighted by Gasteiger charge is -2.34. The number of halogens is 1. The van der Waals surface area contributed by atoms with E-state index in [-0.39, 0.29) is 11.6 Å². The van der Waals surface area contributed by atoms with Crippen LogP contribution in [0.3, 0.4) is 0 Å². The minimum Gasteiger partial charge on any atom is -0.338 e. The fourth-order valence-electron chi connectivity index (χ4n) is 2.84. The summed E-state index contributed by atoms with van der Waals surface area (Å²) in [6.07, 6.45) is 0. The maximum Gasteiger partial charge on any atom is 0.274 e. The Bertz CT molecular complexity index is 759. The number of nitrogens with zero attached hydrogens (tertiary/aromatic N) is 4. The van der Waals surface area contributed by atoms with E-state index in [0.29, 0.717) is 11.6 Å². The molecule has 1 fully saturated rings. The van der Waals surface area contributed by atoms with Gasteiger partial charge in [0.1, 0.15) is 11.5 Å². The highest BCUT2D eigenvalue weighted by atomic mass is 19.1. The highest BCUT2D eigenvalue weighted by molar-refractivity contribution is 6.03. The Morgan fingerprint density at radius 2 is 1.96 bits per heavy atom. The zero-order valence-corrected chi connectivity index (χ0v) is 14.5. The number of aryl methyl sites for hydroxylation is 1. The molecule has 1 amide bonds. The number of aromatic nitrogens is 2. The van der Waals surface area contributed by atoms with Gasteiger partial charge in [0.2, 0.25) is 5.95 Å². The quantitative estimate of drug-likeness (QED) is 0.923. The smallest absolute Gasteiger partial charge is 0.274 e. The summed E-state index contributed by atoms with van der Waals surface area (Å²) in [5, 5.41) is 2.68. The monoisotopic (exact) mass is 343 g/mol. The molecule has 132 valence electrons. The number of carbonyl (C=O) groups is 1. The second-order valence-electron chi connectivity index (χ2n) is 6.08. The molecule has 1 aliphatic rings. The van der Waals surface area contributed by atoms with Gasteiger partial charge >= 0.3 is 0 Å². The number of hydrogen-bond donors (Lipinski definition) is 1. The first-order chi connectivity index (χ1) is 12.0. The van der Waals surface area contributed by atoms with Crippen molar-refractivity contribution in [1.29, 1.82) is 0 Å². The standard InChI is InChI=1S/C18H22FN5O/c1-3-23-7-9-24(10-8-23)18-20-13(2)11-16(22-18)17(25)21-15-6-4-5-14(19)12-15/h4-6,11-12H,3,7-10H2,1-2H3,(H,21,25). The van der Waals surface area contributed by atoms with Crippen molar-refractivity contribution in [3.8, 4) is 0 Å². The van der Waals surface area contributed by atoms with Gasteiger partial charge in [0.25, 0.3) is 5.91 Å². The molecule has 1 aliphatic heterocycles. The maximum atomic E-state index is 13.3. The second kappa shape index (κ2) is 7.57. The summed E-state index contributed by atoms with van der Waals surface area (Å²) in [5.74, 6) is -0.198. The molecule has 2 heterocycles. The minimum absolute atomic E-state index is 0.282. The van der Waals surface area contributed by atoms with Crippen molar-refractivity contribution in [3.63, 3.8) is 0 Å². The van der Waals surface area contributed by atoms with Crippen LogP contribution in [-0.4, -0.2) is 53.5 Å². The van der Waals surface area contributed by atoms with Gasteiger partial charge in [-0.3, -0.25) is 4.79 Å². The van der Waals surface area contributed by atoms with Gasteiger partial charge in [-0.15, -0.1) is 0 Å². The van der Waals surface area contributed by atoms with Crippen molar-refractivity contribution in [2.75, 3.05) is 42.9 Å². The molecule has 2 aromatic rings. The summed E-state index contributed by atoms with van der Waals surface area (Å²) in [7, 11) is 0. The Kier molecular flexibility index (Phi) is 5.23. The van der Waals surface area contributed by atoms with Crippen molar-refractivity contribution in [2.24, 2.45) is 0 Å². The van der Waals surface area contributed by atoms with Crippen LogP contribution < -0.4 is 10.2 Å². The highest BCUT2D eigenvalue weighted by Gasteiger charge is 2.20. The van der Waals surface area contributed by atoms with Crippen LogP contribution in [0.1, 0.15) is 23.1 Å². The van der Waals surface area contributed by atoms with Crippen molar-refractivity contribution in [1.82, 2.24) is 14.9 Å². The second-order valence-corrected chi connectivity index (χ2v) is 6.08. The minimum atomic E-state index is -0.397. The molecule has 1 saturated heterocycles. The molecule has 7 heteroatoms. The molecule has 0 unspecified atom stereocenters. The summed E-state index contributed by atoms with van der Waals surface area (Å²) >= 11 is 0. The van der Waals surface area contributed by atoms with Gasteiger partial charge in [-0.25, -0.2) is 14.4 Å². The van der Waals surface area contributed by atoms with Crippen LogP contribution in [0.15, 0.2) is 30.3 Å². The first-order valence-electron chi connectivity index (χ1n) is 8.45. The van der Waals surface area contributed by atoms with Crippen LogP contribution in [0.25, 0.3) is 0 Å². The third kappa shape index (κ3) is 4.30. The molecule has 1 aromatic carbocycles. The third-order valence-electron chi connectivity index (χ3n) is 4.26. The van der Waals surface area contributed by atoms with E-state index in [4.69, 9.17) is 0 Å². The molecule has 0 atom stereocenters. The third-order valence-corrected chi connectivity index (χ3v) is 4.26. The van der Waals surface area contributed by atoms with Gasteiger partial charge in [-0.1, -0.05) is 13.0 Å². The van der Waals surface area contributed by atoms with E-state index in [1.165, 1.54) is 12.1 Å². The first kappa shape index (κ1) is 17.3. The van der Waals surface area contributed by atoms with Crippen molar-refractivity contribution in [3.05, 3.63) is 47.5 Å². The van der Waals surface area contributed by atoms with Gasteiger partial charge in [0.05, 0.1) is 0 Å². The molecule has 1 aromatic heterocycles. The van der Waals surface area contributed by atoms with Gasteiger partial charge in [-0.2, -0.15) is 0 Å². The molecular weight excluding hydrogens is 321 g/mol. The summed E-state index contributed by atoms with van der Waals surface area (Å²) < 4.78 is 13.3. The lowest BCUT2D eigenvalue weighted by Crippen LogP contribution is -2.47. The van der Waals surface area contributed by atoms with Crippen molar-refractivity contribution < 1.29 is 9.18 Å². The Morgan fingerprint density at radius 1 is 1.20 bits per heavy atom. The van der Waals surface area contributed by atoms with Crippen LogP contribution in [0, 0.1) is 12.7 Å². The largest absolute Gasteiger partial charge is 0.338 e. The molecule has 0 saturated carbocycles. The maximum absolute atomic E-state index is 13.3. The van der Waals surface area contributed by atoms with E-state index in [9.17, 15) is 9.18 Å². The topological polar surface area (TPSA) is 61.4 Å². The number of likely N-dealkylation sites (N-methyl/N-ethyl adjacent to an activating group) is 1. The van der Waals surface area contributed by atoms with Crippen LogP contribution in [-0.2, 0) is 0 Å². The first-order valence-corrected chi connectivity index (χ1v) is 8.45. The number of anilines is 2. The lowest BCUT2D eigenvalue weighted by atomic mass is 10.2. The number of benzene rings is 1. The number of piperazine rings is 1. The summed E-state index contributed by atoms with van der Waals surface area (Å²) in [6, 6.07) is 7.44. The fourth-order valence-corrected chi connectivity index (χ4v) is 2.84. The highest BCUT2D eigenvalue weighted by Crippen LogP contribution is 2.15. The van der Waals surface area contributed by atoms with E-state index in [0.717, 1.165) is 38.4 Å². The fraction of sp³-hybridized carbons (Fsp3) is 0.389. The zero-order valence-electron chi connectivity index (χ0n) is 14.5. The van der Waals surface area contributed by atoms with Gasteiger partial charge < -0.3 is 15.1 Å². The van der Waals surface area contributed by atoms with Crippen LogP contribution in [0.5, 0.6) is 0 Å².